The fourth-order valence-corrected chi connectivity index (χ4v) is 6.48. The minimum atomic E-state index is -3.15. The zero-order chi connectivity index (χ0) is 20.9. The Morgan fingerprint density at radius 2 is 1.69 bits per heavy atom. The number of amides is 1. The van der Waals surface area contributed by atoms with Crippen molar-refractivity contribution in [1.29, 1.82) is 0 Å². The Morgan fingerprint density at radius 3 is 2.28 bits per heavy atom. The van der Waals surface area contributed by atoms with Crippen LogP contribution < -0.4 is 5.32 Å². The molecule has 3 rings (SSSR count). The Hall–Kier alpha value is -1.44. The fraction of sp³-hybridized carbons (Fsp3) is 0.682. The summed E-state index contributed by atoms with van der Waals surface area (Å²) in [6.07, 6.45) is 6.27. The average Bonchev–Trinajstić information content (AvgIpc) is 2.75. The first-order valence-electron chi connectivity index (χ1n) is 11.0. The van der Waals surface area contributed by atoms with Crippen molar-refractivity contribution in [3.05, 3.63) is 35.9 Å². The molecule has 29 heavy (non-hydrogen) atoms. The number of sulfonamides is 1. The molecule has 1 atom stereocenters. The second-order valence-corrected chi connectivity index (χ2v) is 10.5. The van der Waals surface area contributed by atoms with E-state index in [1.54, 1.807) is 4.31 Å². The van der Waals surface area contributed by atoms with E-state index >= 15 is 0 Å². The van der Waals surface area contributed by atoms with Gasteiger partial charge in [0.15, 0.2) is 0 Å². The molecule has 2 aliphatic rings. The van der Waals surface area contributed by atoms with Crippen LogP contribution in [0.3, 0.4) is 0 Å². The van der Waals surface area contributed by atoms with Crippen molar-refractivity contribution in [1.82, 2.24) is 14.5 Å². The highest BCUT2D eigenvalue weighted by Gasteiger charge is 2.44. The maximum absolute atomic E-state index is 12.8. The summed E-state index contributed by atoms with van der Waals surface area (Å²) in [5.41, 5.74) is 0.587. The molecule has 1 aromatic rings. The van der Waals surface area contributed by atoms with Crippen molar-refractivity contribution >= 4 is 15.9 Å². The molecule has 0 aromatic heterocycles. The van der Waals surface area contributed by atoms with Gasteiger partial charge in [-0.1, -0.05) is 44.4 Å². The Bertz CT molecular complexity index is 768. The normalized spacial score (nSPS) is 22.1. The molecule has 0 bridgehead atoms. The van der Waals surface area contributed by atoms with Gasteiger partial charge in [0, 0.05) is 43.3 Å². The molecule has 1 saturated heterocycles. The molecule has 1 amide bonds. The van der Waals surface area contributed by atoms with E-state index < -0.39 is 10.0 Å². The van der Waals surface area contributed by atoms with E-state index in [-0.39, 0.29) is 23.2 Å². The van der Waals surface area contributed by atoms with Gasteiger partial charge in [0.2, 0.25) is 10.0 Å². The summed E-state index contributed by atoms with van der Waals surface area (Å²) < 4.78 is 26.5. The molecule has 1 unspecified atom stereocenters. The van der Waals surface area contributed by atoms with Gasteiger partial charge in [0.05, 0.1) is 5.75 Å². The zero-order valence-corrected chi connectivity index (χ0v) is 18.6. The number of nitrogens with one attached hydrogen (secondary N) is 1. The first-order valence-corrected chi connectivity index (χ1v) is 12.6. The summed E-state index contributed by atoms with van der Waals surface area (Å²) in [7, 11) is -3.15. The van der Waals surface area contributed by atoms with Crippen LogP contribution in [-0.4, -0.2) is 67.0 Å². The molecule has 0 spiro atoms. The number of hydrogen-bond acceptors (Lipinski definition) is 4. The lowest BCUT2D eigenvalue weighted by Crippen LogP contribution is -2.66. The van der Waals surface area contributed by atoms with Crippen LogP contribution in [-0.2, 0) is 10.0 Å². The monoisotopic (exact) mass is 421 g/mol. The van der Waals surface area contributed by atoms with Crippen LogP contribution in [0.25, 0.3) is 0 Å². The fourth-order valence-electron chi connectivity index (χ4n) is 4.99. The van der Waals surface area contributed by atoms with Gasteiger partial charge in [-0.25, -0.2) is 8.42 Å². The van der Waals surface area contributed by atoms with Crippen molar-refractivity contribution in [2.75, 3.05) is 31.9 Å². The smallest absolute Gasteiger partial charge is 0.251 e. The molecule has 1 N–H and O–H groups in total. The topological polar surface area (TPSA) is 69.7 Å². The summed E-state index contributed by atoms with van der Waals surface area (Å²) in [5.74, 6) is 0.189. The number of rotatable bonds is 7. The van der Waals surface area contributed by atoms with Crippen molar-refractivity contribution < 1.29 is 13.2 Å². The predicted octanol–water partition coefficient (Wildman–Crippen LogP) is 2.87. The third-order valence-electron chi connectivity index (χ3n) is 6.63. The summed E-state index contributed by atoms with van der Waals surface area (Å²) >= 11 is 0. The maximum Gasteiger partial charge on any atom is 0.251 e. The third-order valence-corrected chi connectivity index (χ3v) is 8.71. The molecule has 162 valence electrons. The van der Waals surface area contributed by atoms with Crippen LogP contribution in [0.2, 0.25) is 0 Å². The highest BCUT2D eigenvalue weighted by molar-refractivity contribution is 7.89. The van der Waals surface area contributed by atoms with Gasteiger partial charge >= 0.3 is 0 Å². The van der Waals surface area contributed by atoms with Gasteiger partial charge in [-0.15, -0.1) is 0 Å². The Balaban J connectivity index is 1.71. The number of hydrogen-bond donors (Lipinski definition) is 1. The minimum absolute atomic E-state index is 0.00862. The number of nitrogens with zero attached hydrogens (tertiary/aromatic N) is 2. The lowest BCUT2D eigenvalue weighted by atomic mass is 9.75. The lowest BCUT2D eigenvalue weighted by Gasteiger charge is -2.52. The Kier molecular flexibility index (Phi) is 7.35. The first kappa shape index (κ1) is 22.2. The van der Waals surface area contributed by atoms with E-state index in [4.69, 9.17) is 0 Å². The highest BCUT2D eigenvalue weighted by atomic mass is 32.2. The molecule has 1 aliphatic heterocycles. The predicted molar refractivity (Wildman–Crippen MR) is 116 cm³/mol. The summed E-state index contributed by atoms with van der Waals surface area (Å²) in [6.45, 7) is 6.57. The Labute approximate surface area is 175 Å². The Morgan fingerprint density at radius 1 is 1.07 bits per heavy atom. The van der Waals surface area contributed by atoms with Gasteiger partial charge in [0.1, 0.15) is 0 Å². The molecule has 7 heteroatoms. The van der Waals surface area contributed by atoms with Gasteiger partial charge in [-0.2, -0.15) is 4.31 Å². The van der Waals surface area contributed by atoms with E-state index in [1.165, 1.54) is 6.42 Å². The second kappa shape index (κ2) is 9.58. The summed E-state index contributed by atoms with van der Waals surface area (Å²) in [4.78, 5) is 15.2. The third kappa shape index (κ3) is 5.01. The molecule has 1 aliphatic carbocycles. The molecule has 1 saturated carbocycles. The molecule has 2 fully saturated rings. The van der Waals surface area contributed by atoms with Crippen molar-refractivity contribution in [3.8, 4) is 0 Å². The SMILES string of the molecule is CCCS(=O)(=O)N1CCN(C2(C(C)NC(=O)c3ccccc3)CCCCC2)CC1. The minimum Gasteiger partial charge on any atom is -0.348 e. The average molecular weight is 422 g/mol. The van der Waals surface area contributed by atoms with Crippen LogP contribution in [0.4, 0.5) is 0 Å². The summed E-state index contributed by atoms with van der Waals surface area (Å²) in [5, 5.41) is 3.25. The van der Waals surface area contributed by atoms with Crippen molar-refractivity contribution in [2.45, 2.75) is 64.0 Å². The molecule has 0 radical (unpaired) electrons. The van der Waals surface area contributed by atoms with Gasteiger partial charge in [-0.05, 0) is 38.3 Å². The number of carbonyl (C=O) groups excluding carboxylic acids is 1. The highest BCUT2D eigenvalue weighted by Crippen LogP contribution is 2.37. The number of carbonyl (C=O) groups is 1. The van der Waals surface area contributed by atoms with Crippen LogP contribution in [0.5, 0.6) is 0 Å². The van der Waals surface area contributed by atoms with E-state index in [1.807, 2.05) is 37.3 Å². The van der Waals surface area contributed by atoms with E-state index in [0.29, 0.717) is 25.1 Å². The quantitative estimate of drug-likeness (QED) is 0.735. The summed E-state index contributed by atoms with van der Waals surface area (Å²) in [6, 6.07) is 9.36. The van der Waals surface area contributed by atoms with Crippen molar-refractivity contribution in [3.63, 3.8) is 0 Å². The second-order valence-electron chi connectivity index (χ2n) is 8.43. The van der Waals surface area contributed by atoms with E-state index in [9.17, 15) is 13.2 Å². The first-order chi connectivity index (χ1) is 13.9. The van der Waals surface area contributed by atoms with Crippen molar-refractivity contribution in [2.24, 2.45) is 0 Å². The standard InChI is InChI=1S/C22H35N3O3S/c1-3-18-29(27,28)25-16-14-24(15-17-25)22(12-8-5-9-13-22)19(2)23-21(26)20-10-6-4-7-11-20/h4,6-7,10-11,19H,3,5,8-9,12-18H2,1-2H3,(H,23,26). The van der Waals surface area contributed by atoms with Gasteiger partial charge in [0.25, 0.3) is 5.91 Å². The van der Waals surface area contributed by atoms with Crippen LogP contribution in [0, 0.1) is 0 Å². The number of piperazine rings is 1. The largest absolute Gasteiger partial charge is 0.348 e. The maximum atomic E-state index is 12.8. The lowest BCUT2D eigenvalue weighted by molar-refractivity contribution is 0.000653. The molecule has 6 nitrogen and oxygen atoms in total. The van der Waals surface area contributed by atoms with Crippen LogP contribution >= 0.6 is 0 Å². The number of benzene rings is 1. The van der Waals surface area contributed by atoms with E-state index in [0.717, 1.165) is 38.8 Å². The van der Waals surface area contributed by atoms with Crippen LogP contribution in [0.15, 0.2) is 30.3 Å². The zero-order valence-electron chi connectivity index (χ0n) is 17.8. The molecule has 1 heterocycles. The molecular formula is C22H35N3O3S. The van der Waals surface area contributed by atoms with E-state index in [2.05, 4.69) is 17.1 Å². The van der Waals surface area contributed by atoms with Gasteiger partial charge in [-0.3, -0.25) is 9.69 Å². The molecule has 1 aromatic carbocycles. The molecular weight excluding hydrogens is 386 g/mol. The van der Waals surface area contributed by atoms with Crippen LogP contribution in [0.1, 0.15) is 62.7 Å². The van der Waals surface area contributed by atoms with Gasteiger partial charge < -0.3 is 5.32 Å².